The maximum atomic E-state index is 6.44. The zero-order valence-electron chi connectivity index (χ0n) is 13.4. The number of hydrogen-bond acceptors (Lipinski definition) is 2. The van der Waals surface area contributed by atoms with Crippen molar-refractivity contribution in [3.8, 4) is 0 Å². The van der Waals surface area contributed by atoms with E-state index in [4.69, 9.17) is 22.1 Å². The van der Waals surface area contributed by atoms with E-state index in [9.17, 15) is 0 Å². The topological polar surface area (TPSA) is 35.2 Å². The fourth-order valence-electron chi connectivity index (χ4n) is 3.52. The maximum absolute atomic E-state index is 6.44. The molecule has 1 aromatic carbocycles. The number of hydrogen-bond donors (Lipinski definition) is 1. The standard InChI is InChI=1S/C18H28ClNO/c1-4-17(20)18(15-7-5-6-8-16(15)19)21-14-10-12(2)9-13(3)11-14/h5-8,12-14,17-18H,4,9-11,20H2,1-3H3. The summed E-state index contributed by atoms with van der Waals surface area (Å²) in [6, 6.07) is 7.90. The predicted molar refractivity (Wildman–Crippen MR) is 89.5 cm³/mol. The molecule has 21 heavy (non-hydrogen) atoms. The van der Waals surface area contributed by atoms with Crippen molar-refractivity contribution in [1.29, 1.82) is 0 Å². The Morgan fingerprint density at radius 2 is 1.81 bits per heavy atom. The van der Waals surface area contributed by atoms with Crippen LogP contribution < -0.4 is 5.73 Å². The predicted octanol–water partition coefficient (Wildman–Crippen LogP) is 4.96. The zero-order chi connectivity index (χ0) is 15.4. The molecule has 2 rings (SSSR count). The van der Waals surface area contributed by atoms with E-state index >= 15 is 0 Å². The summed E-state index contributed by atoms with van der Waals surface area (Å²) in [6.45, 7) is 6.73. The Labute approximate surface area is 134 Å². The number of nitrogens with two attached hydrogens (primary N) is 1. The summed E-state index contributed by atoms with van der Waals surface area (Å²) < 4.78 is 6.44. The van der Waals surface area contributed by atoms with Crippen molar-refractivity contribution < 1.29 is 4.74 Å². The molecular weight excluding hydrogens is 282 g/mol. The first kappa shape index (κ1) is 16.8. The van der Waals surface area contributed by atoms with Crippen LogP contribution in [0.25, 0.3) is 0 Å². The lowest BCUT2D eigenvalue weighted by atomic mass is 9.81. The normalized spacial score (nSPS) is 29.1. The molecule has 0 saturated heterocycles. The Balaban J connectivity index is 2.15. The van der Waals surface area contributed by atoms with Gasteiger partial charge in [0.05, 0.1) is 12.2 Å². The van der Waals surface area contributed by atoms with Gasteiger partial charge in [-0.05, 0) is 43.6 Å². The fraction of sp³-hybridized carbons (Fsp3) is 0.667. The zero-order valence-corrected chi connectivity index (χ0v) is 14.1. The Bertz CT molecular complexity index is 441. The van der Waals surface area contributed by atoms with Crippen molar-refractivity contribution in [1.82, 2.24) is 0 Å². The van der Waals surface area contributed by atoms with Crippen LogP contribution in [-0.4, -0.2) is 12.1 Å². The minimum atomic E-state index is -0.105. The van der Waals surface area contributed by atoms with Gasteiger partial charge in [-0.1, -0.05) is 50.6 Å². The molecule has 1 aromatic rings. The average molecular weight is 310 g/mol. The highest BCUT2D eigenvalue weighted by Gasteiger charge is 2.30. The quantitative estimate of drug-likeness (QED) is 0.834. The van der Waals surface area contributed by atoms with E-state index in [-0.39, 0.29) is 12.1 Å². The Hall–Kier alpha value is -0.570. The summed E-state index contributed by atoms with van der Waals surface area (Å²) in [4.78, 5) is 0. The lowest BCUT2D eigenvalue weighted by molar-refractivity contribution is -0.0610. The molecule has 0 spiro atoms. The third-order valence-corrected chi connectivity index (χ3v) is 4.89. The lowest BCUT2D eigenvalue weighted by Gasteiger charge is -2.36. The Kier molecular flexibility index (Phi) is 6.09. The molecular formula is C18H28ClNO. The molecule has 1 fully saturated rings. The minimum Gasteiger partial charge on any atom is -0.369 e. The summed E-state index contributed by atoms with van der Waals surface area (Å²) >= 11 is 6.36. The number of rotatable bonds is 5. The van der Waals surface area contributed by atoms with Gasteiger partial charge in [-0.25, -0.2) is 0 Å². The van der Waals surface area contributed by atoms with Gasteiger partial charge in [0.15, 0.2) is 0 Å². The average Bonchev–Trinajstić information content (AvgIpc) is 2.44. The van der Waals surface area contributed by atoms with Crippen LogP contribution in [-0.2, 0) is 4.74 Å². The number of benzene rings is 1. The fourth-order valence-corrected chi connectivity index (χ4v) is 3.76. The van der Waals surface area contributed by atoms with Crippen molar-refractivity contribution >= 4 is 11.6 Å². The third kappa shape index (κ3) is 4.45. The van der Waals surface area contributed by atoms with Gasteiger partial charge in [0.2, 0.25) is 0 Å². The van der Waals surface area contributed by atoms with Crippen molar-refractivity contribution in [3.05, 3.63) is 34.9 Å². The molecule has 118 valence electrons. The van der Waals surface area contributed by atoms with Gasteiger partial charge in [-0.2, -0.15) is 0 Å². The molecule has 0 aliphatic heterocycles. The summed E-state index contributed by atoms with van der Waals surface area (Å²) in [6.07, 6.45) is 4.63. The second kappa shape index (κ2) is 7.62. The second-order valence-electron chi connectivity index (χ2n) is 6.69. The van der Waals surface area contributed by atoms with Crippen molar-refractivity contribution in [2.45, 2.75) is 64.7 Å². The molecule has 1 aliphatic carbocycles. The summed E-state index contributed by atoms with van der Waals surface area (Å²) in [5.74, 6) is 1.45. The lowest BCUT2D eigenvalue weighted by Crippen LogP contribution is -2.35. The van der Waals surface area contributed by atoms with Crippen LogP contribution in [0.15, 0.2) is 24.3 Å². The first-order valence-corrected chi connectivity index (χ1v) is 8.54. The first-order valence-electron chi connectivity index (χ1n) is 8.16. The molecule has 3 heteroatoms. The van der Waals surface area contributed by atoms with Gasteiger partial charge in [0.1, 0.15) is 0 Å². The number of ether oxygens (including phenoxy) is 1. The van der Waals surface area contributed by atoms with E-state index in [0.717, 1.165) is 41.7 Å². The molecule has 0 radical (unpaired) electrons. The van der Waals surface area contributed by atoms with Crippen LogP contribution in [0.3, 0.4) is 0 Å². The molecule has 1 aliphatic rings. The molecule has 2 N–H and O–H groups in total. The molecule has 0 amide bonds. The Morgan fingerprint density at radius 1 is 1.19 bits per heavy atom. The van der Waals surface area contributed by atoms with Crippen molar-refractivity contribution in [2.75, 3.05) is 0 Å². The van der Waals surface area contributed by atoms with Gasteiger partial charge in [0.25, 0.3) is 0 Å². The van der Waals surface area contributed by atoms with Crippen molar-refractivity contribution in [2.24, 2.45) is 17.6 Å². The van der Waals surface area contributed by atoms with Gasteiger partial charge >= 0.3 is 0 Å². The van der Waals surface area contributed by atoms with Gasteiger partial charge < -0.3 is 10.5 Å². The van der Waals surface area contributed by atoms with E-state index in [0.29, 0.717) is 6.10 Å². The van der Waals surface area contributed by atoms with Gasteiger partial charge in [0, 0.05) is 16.6 Å². The van der Waals surface area contributed by atoms with Crippen LogP contribution in [0.1, 0.15) is 58.1 Å². The van der Waals surface area contributed by atoms with E-state index in [1.807, 2.05) is 24.3 Å². The van der Waals surface area contributed by atoms with Gasteiger partial charge in [-0.15, -0.1) is 0 Å². The maximum Gasteiger partial charge on any atom is 0.0993 e. The van der Waals surface area contributed by atoms with Gasteiger partial charge in [-0.3, -0.25) is 0 Å². The van der Waals surface area contributed by atoms with E-state index in [2.05, 4.69) is 20.8 Å². The van der Waals surface area contributed by atoms with Crippen LogP contribution in [0.5, 0.6) is 0 Å². The monoisotopic (exact) mass is 309 g/mol. The van der Waals surface area contributed by atoms with Crippen LogP contribution in [0.2, 0.25) is 5.02 Å². The van der Waals surface area contributed by atoms with Crippen LogP contribution in [0.4, 0.5) is 0 Å². The number of halogens is 1. The van der Waals surface area contributed by atoms with Crippen LogP contribution >= 0.6 is 11.6 Å². The summed E-state index contributed by atoms with van der Waals surface area (Å²) in [5.41, 5.74) is 7.35. The molecule has 0 bridgehead atoms. The van der Waals surface area contributed by atoms with Crippen LogP contribution in [0, 0.1) is 11.8 Å². The highest BCUT2D eigenvalue weighted by atomic mass is 35.5. The third-order valence-electron chi connectivity index (χ3n) is 4.55. The highest BCUT2D eigenvalue weighted by Crippen LogP contribution is 2.36. The smallest absolute Gasteiger partial charge is 0.0993 e. The Morgan fingerprint density at radius 3 is 2.38 bits per heavy atom. The summed E-state index contributed by atoms with van der Waals surface area (Å²) in [7, 11) is 0. The molecule has 2 nitrogen and oxygen atoms in total. The largest absolute Gasteiger partial charge is 0.369 e. The summed E-state index contributed by atoms with van der Waals surface area (Å²) in [5, 5.41) is 0.753. The second-order valence-corrected chi connectivity index (χ2v) is 7.10. The molecule has 1 saturated carbocycles. The first-order chi connectivity index (χ1) is 10.0. The molecule has 0 aromatic heterocycles. The van der Waals surface area contributed by atoms with E-state index in [1.54, 1.807) is 0 Å². The van der Waals surface area contributed by atoms with Crippen molar-refractivity contribution in [3.63, 3.8) is 0 Å². The minimum absolute atomic E-state index is 0.0163. The molecule has 4 unspecified atom stereocenters. The van der Waals surface area contributed by atoms with E-state index in [1.165, 1.54) is 6.42 Å². The van der Waals surface area contributed by atoms with E-state index < -0.39 is 0 Å². The highest BCUT2D eigenvalue weighted by molar-refractivity contribution is 6.31. The molecule has 4 atom stereocenters. The SMILES string of the molecule is CCC(N)C(OC1CC(C)CC(C)C1)c1ccccc1Cl. The molecule has 0 heterocycles.